The maximum atomic E-state index is 12.3. The van der Waals surface area contributed by atoms with Crippen molar-refractivity contribution >= 4 is 29.4 Å². The summed E-state index contributed by atoms with van der Waals surface area (Å²) in [7, 11) is 0. The summed E-state index contributed by atoms with van der Waals surface area (Å²) in [6, 6.07) is 6.42. The molecule has 0 aliphatic carbocycles. The molecule has 1 amide bonds. The van der Waals surface area contributed by atoms with Crippen molar-refractivity contribution in [3.63, 3.8) is 0 Å². The maximum absolute atomic E-state index is 12.3. The first-order chi connectivity index (χ1) is 12.3. The minimum absolute atomic E-state index is 0.0124. The molecule has 0 saturated heterocycles. The lowest BCUT2D eigenvalue weighted by Gasteiger charge is -2.26. The molecule has 0 atom stereocenters. The van der Waals surface area contributed by atoms with Crippen LogP contribution in [0.25, 0.3) is 0 Å². The summed E-state index contributed by atoms with van der Waals surface area (Å²) in [5.74, 6) is -1.55. The highest BCUT2D eigenvalue weighted by molar-refractivity contribution is 5.93. The number of ether oxygens (including phenoxy) is 2. The number of hydrogen-bond donors (Lipinski definition) is 2. The molecular formula is C19H28N2O6. The molecule has 1 aromatic carbocycles. The maximum Gasteiger partial charge on any atom is 0.415 e. The third-order valence-corrected chi connectivity index (χ3v) is 2.94. The number of nitrogens with zero attached hydrogens (tertiary/aromatic N) is 1. The molecule has 150 valence electrons. The van der Waals surface area contributed by atoms with Crippen molar-refractivity contribution in [2.24, 2.45) is 0 Å². The molecule has 0 aliphatic rings. The lowest BCUT2D eigenvalue weighted by molar-refractivity contribution is -0.152. The van der Waals surface area contributed by atoms with Crippen molar-refractivity contribution in [3.8, 4) is 0 Å². The molecule has 0 fully saturated rings. The number of anilines is 2. The zero-order valence-corrected chi connectivity index (χ0v) is 16.7. The van der Waals surface area contributed by atoms with Crippen LogP contribution in [-0.4, -0.2) is 47.4 Å². The summed E-state index contributed by atoms with van der Waals surface area (Å²) in [6.45, 7) is 9.92. The molecule has 8 heteroatoms. The van der Waals surface area contributed by atoms with Gasteiger partial charge in [-0.05, 0) is 65.8 Å². The Bertz CT molecular complexity index is 671. The van der Waals surface area contributed by atoms with Crippen LogP contribution in [0.3, 0.4) is 0 Å². The number of nitrogens with one attached hydrogen (secondary N) is 1. The first kappa shape index (κ1) is 22.3. The fourth-order valence-electron chi connectivity index (χ4n) is 2.02. The van der Waals surface area contributed by atoms with Gasteiger partial charge in [-0.2, -0.15) is 0 Å². The van der Waals surface area contributed by atoms with Gasteiger partial charge in [-0.25, -0.2) is 4.79 Å². The quantitative estimate of drug-likeness (QED) is 0.730. The van der Waals surface area contributed by atoms with Crippen LogP contribution in [0.2, 0.25) is 0 Å². The Kier molecular flexibility index (Phi) is 7.21. The summed E-state index contributed by atoms with van der Waals surface area (Å²) >= 11 is 0. The number of aliphatic carboxylic acids is 1. The molecule has 0 aliphatic heterocycles. The van der Waals surface area contributed by atoms with Crippen LogP contribution >= 0.6 is 0 Å². The van der Waals surface area contributed by atoms with Gasteiger partial charge < -0.3 is 19.9 Å². The highest BCUT2D eigenvalue weighted by Gasteiger charge is 2.25. The molecule has 2 N–H and O–H groups in total. The van der Waals surface area contributed by atoms with Gasteiger partial charge in [0, 0.05) is 11.4 Å². The van der Waals surface area contributed by atoms with Crippen molar-refractivity contribution < 1.29 is 29.0 Å². The number of esters is 1. The second kappa shape index (κ2) is 8.75. The fraction of sp³-hybridized carbons (Fsp3) is 0.526. The third kappa shape index (κ3) is 8.94. The molecule has 27 heavy (non-hydrogen) atoms. The molecule has 0 spiro atoms. The number of carboxylic acid groups (broad SMARTS) is 1. The van der Waals surface area contributed by atoms with Gasteiger partial charge in [0.05, 0.1) is 0 Å². The van der Waals surface area contributed by atoms with E-state index in [0.29, 0.717) is 11.4 Å². The van der Waals surface area contributed by atoms with Crippen molar-refractivity contribution in [1.29, 1.82) is 0 Å². The largest absolute Gasteiger partial charge is 0.480 e. The van der Waals surface area contributed by atoms with Crippen molar-refractivity contribution in [2.75, 3.05) is 23.3 Å². The average molecular weight is 380 g/mol. The number of hydrogen-bond acceptors (Lipinski definition) is 6. The Morgan fingerprint density at radius 3 is 1.93 bits per heavy atom. The van der Waals surface area contributed by atoms with Gasteiger partial charge in [0.2, 0.25) is 0 Å². The molecule has 0 radical (unpaired) electrons. The summed E-state index contributed by atoms with van der Waals surface area (Å²) in [5, 5.41) is 12.0. The molecule has 0 saturated carbocycles. The van der Waals surface area contributed by atoms with E-state index in [1.54, 1.807) is 65.8 Å². The zero-order chi connectivity index (χ0) is 20.8. The molecule has 0 bridgehead atoms. The Morgan fingerprint density at radius 1 is 0.963 bits per heavy atom. The van der Waals surface area contributed by atoms with Crippen LogP contribution in [0, 0.1) is 0 Å². The summed E-state index contributed by atoms with van der Waals surface area (Å²) < 4.78 is 10.5. The topological polar surface area (TPSA) is 105 Å². The van der Waals surface area contributed by atoms with Crippen molar-refractivity contribution in [3.05, 3.63) is 24.3 Å². The molecule has 0 aromatic heterocycles. The van der Waals surface area contributed by atoms with E-state index >= 15 is 0 Å². The van der Waals surface area contributed by atoms with Crippen LogP contribution in [0.5, 0.6) is 0 Å². The number of rotatable bonds is 6. The van der Waals surface area contributed by atoms with E-state index in [1.807, 2.05) is 0 Å². The molecule has 8 nitrogen and oxygen atoms in total. The Balaban J connectivity index is 2.81. The molecule has 1 aromatic rings. The van der Waals surface area contributed by atoms with Crippen molar-refractivity contribution in [1.82, 2.24) is 0 Å². The lowest BCUT2D eigenvalue weighted by atomic mass is 10.2. The van der Waals surface area contributed by atoms with Crippen molar-refractivity contribution in [2.45, 2.75) is 52.7 Å². The molecular weight excluding hydrogens is 352 g/mol. The van der Waals surface area contributed by atoms with E-state index in [1.165, 1.54) is 0 Å². The first-order valence-corrected chi connectivity index (χ1v) is 8.55. The first-order valence-electron chi connectivity index (χ1n) is 8.55. The summed E-state index contributed by atoms with van der Waals surface area (Å²) in [4.78, 5) is 36.2. The van der Waals surface area contributed by atoms with Gasteiger partial charge in [-0.3, -0.25) is 14.5 Å². The minimum Gasteiger partial charge on any atom is -0.480 e. The van der Waals surface area contributed by atoms with Crippen LogP contribution in [0.4, 0.5) is 16.2 Å². The van der Waals surface area contributed by atoms with Gasteiger partial charge in [0.1, 0.15) is 24.3 Å². The third-order valence-electron chi connectivity index (χ3n) is 2.94. The molecule has 0 heterocycles. The van der Waals surface area contributed by atoms with Gasteiger partial charge in [0.15, 0.2) is 0 Å². The van der Waals surface area contributed by atoms with Gasteiger partial charge in [-0.15, -0.1) is 0 Å². The number of benzene rings is 1. The van der Waals surface area contributed by atoms with E-state index in [9.17, 15) is 14.4 Å². The van der Waals surface area contributed by atoms with E-state index in [-0.39, 0.29) is 6.54 Å². The van der Waals surface area contributed by atoms with Gasteiger partial charge >= 0.3 is 18.0 Å². The zero-order valence-electron chi connectivity index (χ0n) is 16.7. The van der Waals surface area contributed by atoms with Crippen LogP contribution < -0.4 is 10.2 Å². The standard InChI is InChI=1S/C19H28N2O6/c1-18(2,3)26-16(24)11-20-13-7-9-14(10-8-13)21(12-15(22)23)17(25)27-19(4,5)6/h7-10,20H,11-12H2,1-6H3,(H,22,23). The Morgan fingerprint density at radius 2 is 1.48 bits per heavy atom. The van der Waals surface area contributed by atoms with Gasteiger partial charge in [0.25, 0.3) is 0 Å². The number of carboxylic acids is 1. The van der Waals surface area contributed by atoms with E-state index in [4.69, 9.17) is 14.6 Å². The highest BCUT2D eigenvalue weighted by Crippen LogP contribution is 2.21. The van der Waals surface area contributed by atoms with E-state index in [0.717, 1.165) is 4.90 Å². The second-order valence-corrected chi connectivity index (χ2v) is 7.95. The van der Waals surface area contributed by atoms with E-state index in [2.05, 4.69) is 5.32 Å². The van der Waals surface area contributed by atoms with Crippen LogP contribution in [0.1, 0.15) is 41.5 Å². The highest BCUT2D eigenvalue weighted by atomic mass is 16.6. The monoisotopic (exact) mass is 380 g/mol. The fourth-order valence-corrected chi connectivity index (χ4v) is 2.02. The SMILES string of the molecule is CC(C)(C)OC(=O)CNc1ccc(N(CC(=O)O)C(=O)OC(C)(C)C)cc1. The second-order valence-electron chi connectivity index (χ2n) is 7.95. The predicted octanol–water partition coefficient (Wildman–Crippen LogP) is 3.27. The summed E-state index contributed by atoms with van der Waals surface area (Å²) in [5.41, 5.74) is -0.311. The minimum atomic E-state index is -1.16. The van der Waals surface area contributed by atoms with Crippen LogP contribution in [-0.2, 0) is 19.1 Å². The predicted molar refractivity (Wildman–Crippen MR) is 102 cm³/mol. The normalized spacial score (nSPS) is 11.5. The van der Waals surface area contributed by atoms with Gasteiger partial charge in [-0.1, -0.05) is 0 Å². The lowest BCUT2D eigenvalue weighted by Crippen LogP contribution is -2.40. The Hall–Kier alpha value is -2.77. The van der Waals surface area contributed by atoms with E-state index < -0.39 is 35.8 Å². The van der Waals surface area contributed by atoms with Crippen LogP contribution in [0.15, 0.2) is 24.3 Å². The summed E-state index contributed by atoms with van der Waals surface area (Å²) in [6.07, 6.45) is -0.751. The number of carbonyl (C=O) groups is 3. The smallest absolute Gasteiger partial charge is 0.415 e. The molecule has 1 rings (SSSR count). The number of amides is 1. The Labute approximate surface area is 159 Å². The number of carbonyl (C=O) groups excluding carboxylic acids is 2. The molecule has 0 unspecified atom stereocenters. The average Bonchev–Trinajstić information content (AvgIpc) is 2.47.